The number of H-pyrrole nitrogens is 2. The quantitative estimate of drug-likeness (QED) is 0.626. The van der Waals surface area contributed by atoms with Gasteiger partial charge in [-0.15, -0.1) is 0 Å². The molecule has 0 aliphatic heterocycles. The largest absolute Gasteiger partial charge is 0.379 e. The van der Waals surface area contributed by atoms with Crippen LogP contribution in [0.15, 0.2) is 39.9 Å². The number of anilines is 1. The van der Waals surface area contributed by atoms with E-state index in [1.165, 1.54) is 5.56 Å². The van der Waals surface area contributed by atoms with Crippen LogP contribution in [0, 0.1) is 0 Å². The number of benzene rings is 1. The van der Waals surface area contributed by atoms with Gasteiger partial charge in [-0.3, -0.25) is 14.6 Å². The lowest BCUT2D eigenvalue weighted by Crippen LogP contribution is -2.40. The van der Waals surface area contributed by atoms with E-state index >= 15 is 0 Å². The summed E-state index contributed by atoms with van der Waals surface area (Å²) in [7, 11) is 0. The first kappa shape index (κ1) is 18.9. The SMILES string of the molecule is CCCNc1c(C(=O)N[C@H]2CC[C@@H](c3ccccc3)CC2)[nH]c(=O)[nH]c1=O. The molecule has 0 saturated heterocycles. The predicted octanol–water partition coefficient (Wildman–Crippen LogP) is 2.34. The van der Waals surface area contributed by atoms with Crippen molar-refractivity contribution in [3.8, 4) is 0 Å². The number of hydrogen-bond acceptors (Lipinski definition) is 4. The smallest absolute Gasteiger partial charge is 0.326 e. The molecule has 0 bridgehead atoms. The van der Waals surface area contributed by atoms with E-state index in [0.717, 1.165) is 32.1 Å². The van der Waals surface area contributed by atoms with Crippen molar-refractivity contribution in [1.29, 1.82) is 0 Å². The fraction of sp³-hybridized carbons (Fsp3) is 0.450. The average Bonchev–Trinajstić information content (AvgIpc) is 2.68. The van der Waals surface area contributed by atoms with Crippen LogP contribution in [0.2, 0.25) is 0 Å². The number of carbonyl (C=O) groups is 1. The lowest BCUT2D eigenvalue weighted by atomic mass is 9.82. The Morgan fingerprint density at radius 1 is 1.07 bits per heavy atom. The molecule has 27 heavy (non-hydrogen) atoms. The summed E-state index contributed by atoms with van der Waals surface area (Å²) in [6.45, 7) is 2.50. The molecule has 1 aromatic carbocycles. The van der Waals surface area contributed by atoms with E-state index in [4.69, 9.17) is 0 Å². The third kappa shape index (κ3) is 4.67. The molecule has 1 heterocycles. The van der Waals surface area contributed by atoms with Crippen LogP contribution < -0.4 is 21.9 Å². The number of aromatic nitrogens is 2. The molecule has 7 nitrogen and oxygen atoms in total. The molecule has 0 unspecified atom stereocenters. The molecule has 1 fully saturated rings. The zero-order valence-corrected chi connectivity index (χ0v) is 15.5. The van der Waals surface area contributed by atoms with Crippen molar-refractivity contribution in [3.63, 3.8) is 0 Å². The minimum atomic E-state index is -0.681. The second kappa shape index (κ2) is 8.70. The van der Waals surface area contributed by atoms with E-state index in [-0.39, 0.29) is 17.4 Å². The lowest BCUT2D eigenvalue weighted by molar-refractivity contribution is 0.0921. The second-order valence-corrected chi connectivity index (χ2v) is 7.02. The van der Waals surface area contributed by atoms with Gasteiger partial charge in [-0.1, -0.05) is 37.3 Å². The lowest BCUT2D eigenvalue weighted by Gasteiger charge is -2.29. The van der Waals surface area contributed by atoms with Crippen LogP contribution in [-0.4, -0.2) is 28.5 Å². The number of carbonyl (C=O) groups excluding carboxylic acids is 1. The molecule has 3 rings (SSSR count). The van der Waals surface area contributed by atoms with Gasteiger partial charge in [0.25, 0.3) is 11.5 Å². The molecule has 7 heteroatoms. The van der Waals surface area contributed by atoms with E-state index in [1.54, 1.807) is 0 Å². The van der Waals surface area contributed by atoms with Gasteiger partial charge < -0.3 is 15.6 Å². The van der Waals surface area contributed by atoms with Crippen molar-refractivity contribution in [3.05, 3.63) is 62.4 Å². The molecule has 1 aliphatic rings. The van der Waals surface area contributed by atoms with Crippen molar-refractivity contribution in [2.24, 2.45) is 0 Å². The summed E-state index contributed by atoms with van der Waals surface area (Å²) < 4.78 is 0. The first-order valence-corrected chi connectivity index (χ1v) is 9.54. The van der Waals surface area contributed by atoms with E-state index < -0.39 is 17.2 Å². The number of amides is 1. The Bertz CT molecular complexity index is 880. The fourth-order valence-electron chi connectivity index (χ4n) is 3.63. The van der Waals surface area contributed by atoms with Gasteiger partial charge in [-0.25, -0.2) is 4.79 Å². The molecule has 0 atom stereocenters. The zero-order chi connectivity index (χ0) is 19.2. The highest BCUT2D eigenvalue weighted by molar-refractivity contribution is 5.97. The summed E-state index contributed by atoms with van der Waals surface area (Å²) in [6.07, 6.45) is 4.54. The summed E-state index contributed by atoms with van der Waals surface area (Å²) in [5.74, 6) is 0.0977. The Kier molecular flexibility index (Phi) is 6.11. The summed E-state index contributed by atoms with van der Waals surface area (Å²) in [6, 6.07) is 10.5. The van der Waals surface area contributed by atoms with Gasteiger partial charge >= 0.3 is 5.69 Å². The van der Waals surface area contributed by atoms with Crippen molar-refractivity contribution < 1.29 is 4.79 Å². The number of hydrogen-bond donors (Lipinski definition) is 4. The normalized spacial score (nSPS) is 19.4. The molecule has 1 amide bonds. The molecular weight excluding hydrogens is 344 g/mol. The topological polar surface area (TPSA) is 107 Å². The van der Waals surface area contributed by atoms with E-state index in [9.17, 15) is 14.4 Å². The number of rotatable bonds is 6. The molecule has 1 saturated carbocycles. The van der Waals surface area contributed by atoms with Crippen LogP contribution in [-0.2, 0) is 0 Å². The molecule has 0 radical (unpaired) electrons. The van der Waals surface area contributed by atoms with Crippen LogP contribution in [0.25, 0.3) is 0 Å². The van der Waals surface area contributed by atoms with Gasteiger partial charge in [-0.05, 0) is 43.6 Å². The van der Waals surface area contributed by atoms with Crippen LogP contribution in [0.1, 0.15) is 61.0 Å². The molecule has 144 valence electrons. The monoisotopic (exact) mass is 370 g/mol. The molecule has 2 aromatic rings. The minimum absolute atomic E-state index is 0.00221. The predicted molar refractivity (Wildman–Crippen MR) is 105 cm³/mol. The van der Waals surface area contributed by atoms with Crippen molar-refractivity contribution in [2.45, 2.75) is 51.0 Å². The third-order valence-corrected chi connectivity index (χ3v) is 5.05. The molecular formula is C20H26N4O3. The first-order valence-electron chi connectivity index (χ1n) is 9.54. The Morgan fingerprint density at radius 3 is 2.44 bits per heavy atom. The Hall–Kier alpha value is -2.83. The van der Waals surface area contributed by atoms with Gasteiger partial charge in [0.1, 0.15) is 11.4 Å². The number of nitrogens with one attached hydrogen (secondary N) is 4. The zero-order valence-electron chi connectivity index (χ0n) is 15.5. The van der Waals surface area contributed by atoms with Gasteiger partial charge in [0.2, 0.25) is 0 Å². The Labute approximate surface area is 157 Å². The molecule has 4 N–H and O–H groups in total. The highest BCUT2D eigenvalue weighted by atomic mass is 16.2. The first-order chi connectivity index (χ1) is 13.1. The summed E-state index contributed by atoms with van der Waals surface area (Å²) in [4.78, 5) is 41.0. The molecule has 0 spiro atoms. The minimum Gasteiger partial charge on any atom is -0.379 e. The molecule has 1 aliphatic carbocycles. The van der Waals surface area contributed by atoms with E-state index in [0.29, 0.717) is 12.5 Å². The highest BCUT2D eigenvalue weighted by Crippen LogP contribution is 2.32. The van der Waals surface area contributed by atoms with E-state index in [2.05, 4.69) is 44.9 Å². The van der Waals surface area contributed by atoms with Crippen molar-refractivity contribution >= 4 is 11.6 Å². The third-order valence-electron chi connectivity index (χ3n) is 5.05. The van der Waals surface area contributed by atoms with Crippen molar-refractivity contribution in [1.82, 2.24) is 15.3 Å². The van der Waals surface area contributed by atoms with E-state index in [1.807, 2.05) is 13.0 Å². The maximum absolute atomic E-state index is 12.7. The van der Waals surface area contributed by atoms with Crippen LogP contribution in [0.5, 0.6) is 0 Å². The summed E-state index contributed by atoms with van der Waals surface area (Å²) >= 11 is 0. The average molecular weight is 370 g/mol. The van der Waals surface area contributed by atoms with Crippen LogP contribution >= 0.6 is 0 Å². The van der Waals surface area contributed by atoms with Crippen LogP contribution in [0.4, 0.5) is 5.69 Å². The van der Waals surface area contributed by atoms with Crippen molar-refractivity contribution in [2.75, 3.05) is 11.9 Å². The van der Waals surface area contributed by atoms with Gasteiger partial charge in [0.05, 0.1) is 0 Å². The summed E-state index contributed by atoms with van der Waals surface area (Å²) in [5.41, 5.74) is 0.201. The van der Waals surface area contributed by atoms with Crippen LogP contribution in [0.3, 0.4) is 0 Å². The summed E-state index contributed by atoms with van der Waals surface area (Å²) in [5, 5.41) is 5.91. The highest BCUT2D eigenvalue weighted by Gasteiger charge is 2.25. The number of aromatic amines is 2. The Balaban J connectivity index is 1.66. The van der Waals surface area contributed by atoms with Gasteiger partial charge in [-0.2, -0.15) is 0 Å². The fourth-order valence-corrected chi connectivity index (χ4v) is 3.63. The van der Waals surface area contributed by atoms with Gasteiger partial charge in [0.15, 0.2) is 0 Å². The Morgan fingerprint density at radius 2 is 1.78 bits per heavy atom. The van der Waals surface area contributed by atoms with Gasteiger partial charge in [0, 0.05) is 12.6 Å². The second-order valence-electron chi connectivity index (χ2n) is 7.02. The maximum atomic E-state index is 12.7. The standard InChI is InChI=1S/C20H26N4O3/c1-2-12-21-16-17(23-20(27)24-18(16)25)19(26)22-15-10-8-14(9-11-15)13-6-4-3-5-7-13/h3-7,14-15,21H,2,8-12H2,1H3,(H,22,26)(H2,23,24,25,27)/t14-,15+. The maximum Gasteiger partial charge on any atom is 0.326 e. The molecule has 1 aromatic heterocycles.